The Morgan fingerprint density at radius 2 is 1.84 bits per heavy atom. The fourth-order valence-electron chi connectivity index (χ4n) is 3.00. The Hall–Kier alpha value is -1.47. The highest BCUT2D eigenvalue weighted by Crippen LogP contribution is 2.33. The molecule has 98 valence electrons. The van der Waals surface area contributed by atoms with E-state index in [-0.39, 0.29) is 0 Å². The molecule has 0 radical (unpaired) electrons. The minimum atomic E-state index is 0.533. The zero-order valence-corrected chi connectivity index (χ0v) is 12.1. The number of anilines is 1. The molecule has 0 aliphatic carbocycles. The minimum absolute atomic E-state index is 0.533. The number of halogens is 1. The molecule has 2 aromatic rings. The van der Waals surface area contributed by atoms with E-state index in [1.807, 2.05) is 12.1 Å². The minimum Gasteiger partial charge on any atom is -0.384 e. The molecule has 1 heterocycles. The highest BCUT2D eigenvalue weighted by atomic mass is 35.5. The van der Waals surface area contributed by atoms with Gasteiger partial charge >= 0.3 is 0 Å². The number of nitrogens with one attached hydrogen (secondary N) is 1. The summed E-state index contributed by atoms with van der Waals surface area (Å²) in [6, 6.07) is 12.8. The lowest BCUT2D eigenvalue weighted by molar-refractivity contribution is 0.693. The van der Waals surface area contributed by atoms with E-state index in [2.05, 4.69) is 43.4 Å². The van der Waals surface area contributed by atoms with Crippen LogP contribution in [0.3, 0.4) is 0 Å². The topological polar surface area (TPSA) is 12.0 Å². The van der Waals surface area contributed by atoms with Gasteiger partial charge in [0.1, 0.15) is 0 Å². The van der Waals surface area contributed by atoms with E-state index in [4.69, 9.17) is 11.6 Å². The molecule has 0 amide bonds. The molecule has 0 fully saturated rings. The monoisotopic (exact) mass is 271 g/mol. The van der Waals surface area contributed by atoms with Gasteiger partial charge in [-0.1, -0.05) is 41.4 Å². The molecule has 1 atom stereocenters. The van der Waals surface area contributed by atoms with E-state index in [1.54, 1.807) is 0 Å². The molecule has 1 N–H and O–H groups in total. The predicted molar refractivity (Wildman–Crippen MR) is 82.3 cm³/mol. The van der Waals surface area contributed by atoms with Crippen LogP contribution in [0.2, 0.25) is 5.02 Å². The normalized spacial score (nSPS) is 17.7. The Kier molecular flexibility index (Phi) is 3.24. The van der Waals surface area contributed by atoms with Gasteiger partial charge in [0, 0.05) is 23.2 Å². The van der Waals surface area contributed by atoms with Crippen molar-refractivity contribution < 1.29 is 0 Å². The summed E-state index contributed by atoms with van der Waals surface area (Å²) in [7, 11) is 0. The zero-order chi connectivity index (χ0) is 13.4. The Bertz CT molecular complexity index is 601. The van der Waals surface area contributed by atoms with Crippen LogP contribution >= 0.6 is 11.6 Å². The molecular formula is C17H18ClN. The Balaban J connectivity index is 1.91. The van der Waals surface area contributed by atoms with Crippen LogP contribution in [0.1, 0.15) is 28.2 Å². The molecule has 1 unspecified atom stereocenters. The maximum atomic E-state index is 5.96. The van der Waals surface area contributed by atoms with Crippen LogP contribution in [0, 0.1) is 13.8 Å². The van der Waals surface area contributed by atoms with Gasteiger partial charge in [-0.2, -0.15) is 0 Å². The van der Waals surface area contributed by atoms with Gasteiger partial charge in [-0.05, 0) is 49.1 Å². The molecule has 1 aliphatic rings. The molecule has 1 nitrogen and oxygen atoms in total. The summed E-state index contributed by atoms with van der Waals surface area (Å²) >= 11 is 5.96. The smallest absolute Gasteiger partial charge is 0.0406 e. The second kappa shape index (κ2) is 4.90. The highest BCUT2D eigenvalue weighted by molar-refractivity contribution is 6.30. The van der Waals surface area contributed by atoms with E-state index in [9.17, 15) is 0 Å². The standard InChI is InChI=1S/C17H18ClN/c1-11-7-12(2)17-14(8-11)9-15(10-19-17)13-3-5-16(18)6-4-13/h3-8,15,19H,9-10H2,1-2H3. The number of benzene rings is 2. The van der Waals surface area contributed by atoms with Gasteiger partial charge in [-0.15, -0.1) is 0 Å². The zero-order valence-electron chi connectivity index (χ0n) is 11.3. The lowest BCUT2D eigenvalue weighted by atomic mass is 9.86. The fourth-order valence-corrected chi connectivity index (χ4v) is 3.13. The number of fused-ring (bicyclic) bond motifs is 1. The quantitative estimate of drug-likeness (QED) is 0.792. The van der Waals surface area contributed by atoms with E-state index >= 15 is 0 Å². The maximum Gasteiger partial charge on any atom is 0.0406 e. The molecule has 1 aliphatic heterocycles. The van der Waals surface area contributed by atoms with Crippen molar-refractivity contribution in [1.29, 1.82) is 0 Å². The molecule has 0 saturated carbocycles. The fraction of sp³-hybridized carbons (Fsp3) is 0.294. The summed E-state index contributed by atoms with van der Waals surface area (Å²) in [5, 5.41) is 4.39. The first-order valence-corrected chi connectivity index (χ1v) is 7.11. The third-order valence-electron chi connectivity index (χ3n) is 3.89. The Morgan fingerprint density at radius 3 is 2.58 bits per heavy atom. The first-order valence-electron chi connectivity index (χ1n) is 6.73. The molecule has 2 aromatic carbocycles. The second-order valence-electron chi connectivity index (χ2n) is 5.45. The summed E-state index contributed by atoms with van der Waals surface area (Å²) < 4.78 is 0. The largest absolute Gasteiger partial charge is 0.384 e. The van der Waals surface area contributed by atoms with Crippen molar-refractivity contribution in [2.24, 2.45) is 0 Å². The van der Waals surface area contributed by atoms with Gasteiger partial charge in [0.05, 0.1) is 0 Å². The van der Waals surface area contributed by atoms with Gasteiger partial charge < -0.3 is 5.32 Å². The first-order chi connectivity index (χ1) is 9.13. The molecule has 2 heteroatoms. The summed E-state index contributed by atoms with van der Waals surface area (Å²) in [5.41, 5.74) is 6.82. The number of hydrogen-bond donors (Lipinski definition) is 1. The van der Waals surface area contributed by atoms with E-state index in [1.165, 1.54) is 27.9 Å². The van der Waals surface area contributed by atoms with Crippen molar-refractivity contribution >= 4 is 17.3 Å². The van der Waals surface area contributed by atoms with Crippen LogP contribution in [-0.2, 0) is 6.42 Å². The van der Waals surface area contributed by atoms with Gasteiger partial charge in [-0.3, -0.25) is 0 Å². The summed E-state index contributed by atoms with van der Waals surface area (Å²) in [6.45, 7) is 5.35. The molecule has 0 bridgehead atoms. The lowest BCUT2D eigenvalue weighted by Gasteiger charge is -2.28. The number of aryl methyl sites for hydroxylation is 2. The van der Waals surface area contributed by atoms with Crippen LogP contribution in [-0.4, -0.2) is 6.54 Å². The molecule has 0 spiro atoms. The van der Waals surface area contributed by atoms with Crippen molar-refractivity contribution in [2.75, 3.05) is 11.9 Å². The first kappa shape index (κ1) is 12.6. The summed E-state index contributed by atoms with van der Waals surface area (Å²) in [4.78, 5) is 0. The second-order valence-corrected chi connectivity index (χ2v) is 5.89. The third-order valence-corrected chi connectivity index (χ3v) is 4.15. The summed E-state index contributed by atoms with van der Waals surface area (Å²) in [6.07, 6.45) is 1.10. The van der Waals surface area contributed by atoms with Crippen LogP contribution in [0.25, 0.3) is 0 Å². The van der Waals surface area contributed by atoms with Gasteiger partial charge in [-0.25, -0.2) is 0 Å². The SMILES string of the molecule is Cc1cc(C)c2c(c1)CC(c1ccc(Cl)cc1)CN2. The number of hydrogen-bond acceptors (Lipinski definition) is 1. The maximum absolute atomic E-state index is 5.96. The van der Waals surface area contributed by atoms with Gasteiger partial charge in [0.15, 0.2) is 0 Å². The highest BCUT2D eigenvalue weighted by Gasteiger charge is 2.21. The van der Waals surface area contributed by atoms with Crippen molar-refractivity contribution in [3.8, 4) is 0 Å². The molecular weight excluding hydrogens is 254 g/mol. The average Bonchev–Trinajstić information content (AvgIpc) is 2.38. The van der Waals surface area contributed by atoms with E-state index in [0.29, 0.717) is 5.92 Å². The Labute approximate surface area is 119 Å². The predicted octanol–water partition coefficient (Wildman–Crippen LogP) is 4.71. The molecule has 0 saturated heterocycles. The molecule has 19 heavy (non-hydrogen) atoms. The van der Waals surface area contributed by atoms with Gasteiger partial charge in [0.25, 0.3) is 0 Å². The van der Waals surface area contributed by atoms with Crippen molar-refractivity contribution in [3.63, 3.8) is 0 Å². The van der Waals surface area contributed by atoms with Crippen LogP contribution in [0.5, 0.6) is 0 Å². The van der Waals surface area contributed by atoms with Crippen LogP contribution < -0.4 is 5.32 Å². The third kappa shape index (κ3) is 2.48. The van der Waals surface area contributed by atoms with Crippen molar-refractivity contribution in [3.05, 3.63) is 63.7 Å². The van der Waals surface area contributed by atoms with Crippen molar-refractivity contribution in [1.82, 2.24) is 0 Å². The van der Waals surface area contributed by atoms with E-state index in [0.717, 1.165) is 18.0 Å². The lowest BCUT2D eigenvalue weighted by Crippen LogP contribution is -2.22. The van der Waals surface area contributed by atoms with Gasteiger partial charge in [0.2, 0.25) is 0 Å². The molecule has 3 rings (SSSR count). The average molecular weight is 272 g/mol. The van der Waals surface area contributed by atoms with Crippen LogP contribution in [0.15, 0.2) is 36.4 Å². The summed E-state index contributed by atoms with van der Waals surface area (Å²) in [5.74, 6) is 0.533. The molecule has 0 aromatic heterocycles. The van der Waals surface area contributed by atoms with E-state index < -0.39 is 0 Å². The van der Waals surface area contributed by atoms with Crippen molar-refractivity contribution in [2.45, 2.75) is 26.2 Å². The van der Waals surface area contributed by atoms with Crippen LogP contribution in [0.4, 0.5) is 5.69 Å². The Morgan fingerprint density at radius 1 is 1.11 bits per heavy atom. The number of rotatable bonds is 1.